The lowest BCUT2D eigenvalue weighted by atomic mass is 9.98. The number of fused-ring (bicyclic) bond motifs is 1. The van der Waals surface area contributed by atoms with Crippen LogP contribution in [0.25, 0.3) is 10.9 Å². The Bertz CT molecular complexity index is 1110. The molecule has 0 unspecified atom stereocenters. The molecule has 2 atom stereocenters. The molecular weight excluding hydrogens is 428 g/mol. The number of nitrogens with zero attached hydrogens (tertiary/aromatic N) is 2. The van der Waals surface area contributed by atoms with Gasteiger partial charge in [0.25, 0.3) is 5.91 Å². The second-order valence-electron chi connectivity index (χ2n) is 8.32. The van der Waals surface area contributed by atoms with E-state index in [0.29, 0.717) is 34.7 Å². The Morgan fingerprint density at radius 2 is 1.88 bits per heavy atom. The van der Waals surface area contributed by atoms with Gasteiger partial charge in [0, 0.05) is 41.5 Å². The summed E-state index contributed by atoms with van der Waals surface area (Å²) < 4.78 is 27.4. The molecule has 1 saturated heterocycles. The van der Waals surface area contributed by atoms with E-state index in [1.165, 1.54) is 31.4 Å². The minimum Gasteiger partial charge on any atom is -0.351 e. The minimum absolute atomic E-state index is 0.178. The quantitative estimate of drug-likeness (QED) is 0.521. The first-order valence-corrected chi connectivity index (χ1v) is 11.8. The molecule has 1 aliphatic heterocycles. The molecular formula is C25H27F2N3OS. The van der Waals surface area contributed by atoms with Crippen molar-refractivity contribution in [1.29, 1.82) is 0 Å². The van der Waals surface area contributed by atoms with Gasteiger partial charge in [0.05, 0.1) is 11.1 Å². The largest absolute Gasteiger partial charge is 0.351 e. The van der Waals surface area contributed by atoms with Crippen LogP contribution in [-0.4, -0.2) is 41.0 Å². The number of carbonyl (C=O) groups excluding carboxylic acids is 1. The fraction of sp³-hybridized carbons (Fsp3) is 0.360. The average molecular weight is 456 g/mol. The standard InChI is InChI=1S/C25H27F2N3OS/c1-16-6-5-7-17(2)30(16)13-12-28-25(31)20-15-24(29-22-9-4-3-8-19(20)22)32-23-11-10-18(26)14-21(23)27/h3-4,8-11,14-17H,5-7,12-13H2,1-2H3,(H,28,31)/t16-,17+. The zero-order valence-corrected chi connectivity index (χ0v) is 19.1. The number of pyridine rings is 1. The molecule has 32 heavy (non-hydrogen) atoms. The molecule has 2 heterocycles. The molecule has 7 heteroatoms. The van der Waals surface area contributed by atoms with Gasteiger partial charge >= 0.3 is 0 Å². The first kappa shape index (κ1) is 22.7. The first-order valence-electron chi connectivity index (χ1n) is 11.0. The molecule has 168 valence electrons. The van der Waals surface area contributed by atoms with Gasteiger partial charge in [0.15, 0.2) is 0 Å². The highest BCUT2D eigenvalue weighted by Gasteiger charge is 2.24. The summed E-state index contributed by atoms with van der Waals surface area (Å²) in [5.41, 5.74) is 1.16. The molecule has 1 fully saturated rings. The van der Waals surface area contributed by atoms with Gasteiger partial charge in [-0.3, -0.25) is 9.69 Å². The van der Waals surface area contributed by atoms with Crippen LogP contribution in [0.3, 0.4) is 0 Å². The Morgan fingerprint density at radius 1 is 1.12 bits per heavy atom. The summed E-state index contributed by atoms with van der Waals surface area (Å²) in [7, 11) is 0. The summed E-state index contributed by atoms with van der Waals surface area (Å²) in [6.45, 7) is 5.84. The van der Waals surface area contributed by atoms with Crippen molar-refractivity contribution in [3.05, 3.63) is 65.7 Å². The van der Waals surface area contributed by atoms with Crippen LogP contribution in [0.4, 0.5) is 8.78 Å². The van der Waals surface area contributed by atoms with Gasteiger partial charge in [0.1, 0.15) is 16.7 Å². The topological polar surface area (TPSA) is 45.2 Å². The van der Waals surface area contributed by atoms with Crippen LogP contribution in [0.2, 0.25) is 0 Å². The highest BCUT2D eigenvalue weighted by Crippen LogP contribution is 2.31. The number of amides is 1. The van der Waals surface area contributed by atoms with Crippen molar-refractivity contribution in [1.82, 2.24) is 15.2 Å². The molecule has 1 amide bonds. The number of para-hydroxylation sites is 1. The molecule has 2 aromatic carbocycles. The second-order valence-corrected chi connectivity index (χ2v) is 9.39. The Labute approximate surface area is 191 Å². The molecule has 1 N–H and O–H groups in total. The van der Waals surface area contributed by atoms with Crippen LogP contribution in [0.1, 0.15) is 43.5 Å². The monoisotopic (exact) mass is 455 g/mol. The summed E-state index contributed by atoms with van der Waals surface area (Å²) in [5.74, 6) is -1.46. The van der Waals surface area contributed by atoms with Crippen molar-refractivity contribution < 1.29 is 13.6 Å². The van der Waals surface area contributed by atoms with Crippen molar-refractivity contribution in [2.75, 3.05) is 13.1 Å². The van der Waals surface area contributed by atoms with E-state index < -0.39 is 11.6 Å². The summed E-state index contributed by atoms with van der Waals surface area (Å²) in [4.78, 5) is 20.4. The summed E-state index contributed by atoms with van der Waals surface area (Å²) in [6, 6.07) is 13.6. The lowest BCUT2D eigenvalue weighted by Gasteiger charge is -2.39. The average Bonchev–Trinajstić information content (AvgIpc) is 2.77. The highest BCUT2D eigenvalue weighted by atomic mass is 32.2. The molecule has 4 nitrogen and oxygen atoms in total. The fourth-order valence-electron chi connectivity index (χ4n) is 4.37. The zero-order valence-electron chi connectivity index (χ0n) is 18.3. The fourth-order valence-corrected chi connectivity index (χ4v) is 5.21. The number of hydrogen-bond acceptors (Lipinski definition) is 4. The highest BCUT2D eigenvalue weighted by molar-refractivity contribution is 7.99. The van der Waals surface area contributed by atoms with Gasteiger partial charge in [-0.05, 0) is 51.0 Å². The van der Waals surface area contributed by atoms with Crippen molar-refractivity contribution in [2.24, 2.45) is 0 Å². The van der Waals surface area contributed by atoms with Gasteiger partial charge in [-0.1, -0.05) is 36.4 Å². The predicted molar refractivity (Wildman–Crippen MR) is 124 cm³/mol. The summed E-state index contributed by atoms with van der Waals surface area (Å²) in [5, 5.41) is 4.28. The molecule has 3 aromatic rings. The van der Waals surface area contributed by atoms with Crippen molar-refractivity contribution in [3.63, 3.8) is 0 Å². The number of piperidine rings is 1. The molecule has 0 spiro atoms. The number of halogens is 2. The molecule has 0 aliphatic carbocycles. The van der Waals surface area contributed by atoms with E-state index in [1.807, 2.05) is 24.3 Å². The number of rotatable bonds is 6. The SMILES string of the molecule is C[C@@H]1CCC[C@H](C)N1CCNC(=O)c1cc(Sc2ccc(F)cc2F)nc2ccccc12. The number of nitrogens with one attached hydrogen (secondary N) is 1. The third kappa shape index (κ3) is 5.10. The Hall–Kier alpha value is -2.51. The number of carbonyl (C=O) groups is 1. The summed E-state index contributed by atoms with van der Waals surface area (Å²) in [6.07, 6.45) is 3.63. The molecule has 0 bridgehead atoms. The maximum atomic E-state index is 14.1. The molecule has 1 aliphatic rings. The van der Waals surface area contributed by atoms with Crippen LogP contribution in [0, 0.1) is 11.6 Å². The molecule has 4 rings (SSSR count). The Balaban J connectivity index is 1.53. The maximum Gasteiger partial charge on any atom is 0.252 e. The van der Waals surface area contributed by atoms with Crippen LogP contribution in [0.5, 0.6) is 0 Å². The smallest absolute Gasteiger partial charge is 0.252 e. The van der Waals surface area contributed by atoms with Gasteiger partial charge < -0.3 is 5.32 Å². The number of hydrogen-bond donors (Lipinski definition) is 1. The van der Waals surface area contributed by atoms with Crippen molar-refractivity contribution >= 4 is 28.6 Å². The molecule has 0 radical (unpaired) electrons. The van der Waals surface area contributed by atoms with E-state index in [0.717, 1.165) is 29.8 Å². The number of aromatic nitrogens is 1. The third-order valence-corrected chi connectivity index (χ3v) is 7.05. The Kier molecular flexibility index (Phi) is 7.06. The van der Waals surface area contributed by atoms with Gasteiger partial charge in [-0.25, -0.2) is 13.8 Å². The van der Waals surface area contributed by atoms with Crippen LogP contribution >= 0.6 is 11.8 Å². The lowest BCUT2D eigenvalue weighted by Crippen LogP contribution is -2.47. The van der Waals surface area contributed by atoms with Crippen LogP contribution in [0.15, 0.2) is 58.5 Å². The van der Waals surface area contributed by atoms with Crippen LogP contribution < -0.4 is 5.32 Å². The third-order valence-electron chi connectivity index (χ3n) is 6.08. The van der Waals surface area contributed by atoms with E-state index in [4.69, 9.17) is 0 Å². The van der Waals surface area contributed by atoms with Crippen LogP contribution in [-0.2, 0) is 0 Å². The first-order chi connectivity index (χ1) is 15.4. The van der Waals surface area contributed by atoms with Crippen molar-refractivity contribution in [2.45, 2.75) is 55.1 Å². The van der Waals surface area contributed by atoms with E-state index in [9.17, 15) is 13.6 Å². The molecule has 1 aromatic heterocycles. The summed E-state index contributed by atoms with van der Waals surface area (Å²) >= 11 is 1.08. The minimum atomic E-state index is -0.652. The number of benzene rings is 2. The normalized spacial score (nSPS) is 19.2. The van der Waals surface area contributed by atoms with Gasteiger partial charge in [-0.15, -0.1) is 0 Å². The Morgan fingerprint density at radius 3 is 2.62 bits per heavy atom. The van der Waals surface area contributed by atoms with E-state index in [-0.39, 0.29) is 10.8 Å². The van der Waals surface area contributed by atoms with Gasteiger partial charge in [-0.2, -0.15) is 0 Å². The van der Waals surface area contributed by atoms with Gasteiger partial charge in [0.2, 0.25) is 0 Å². The van der Waals surface area contributed by atoms with E-state index in [2.05, 4.69) is 29.0 Å². The number of likely N-dealkylation sites (tertiary alicyclic amines) is 1. The second kappa shape index (κ2) is 9.96. The van der Waals surface area contributed by atoms with E-state index >= 15 is 0 Å². The zero-order chi connectivity index (χ0) is 22.7. The maximum absolute atomic E-state index is 14.1. The molecule has 0 saturated carbocycles. The van der Waals surface area contributed by atoms with Crippen molar-refractivity contribution in [3.8, 4) is 0 Å². The lowest BCUT2D eigenvalue weighted by molar-refractivity contribution is 0.0890. The predicted octanol–water partition coefficient (Wildman–Crippen LogP) is 5.66. The van der Waals surface area contributed by atoms with E-state index in [1.54, 1.807) is 6.07 Å².